The topological polar surface area (TPSA) is 40.5 Å². The number of piperidine rings is 1. The van der Waals surface area contributed by atoms with Crippen molar-refractivity contribution in [3.05, 3.63) is 35.1 Å². The molecular weight excluding hydrogens is 247 g/mol. The molecule has 3 nitrogen and oxygen atoms in total. The Balaban J connectivity index is 2.26. The first-order valence-corrected chi connectivity index (χ1v) is 5.61. The first-order chi connectivity index (χ1) is 8.50. The fraction of sp³-hybridized carbons (Fsp3) is 0.417. The molecule has 1 atom stereocenters. The van der Waals surface area contributed by atoms with Crippen LogP contribution in [0.4, 0.5) is 13.2 Å². The zero-order valence-corrected chi connectivity index (χ0v) is 9.50. The highest BCUT2D eigenvalue weighted by molar-refractivity contribution is 5.94. The SMILES string of the molecule is O=C(c1ccc(F)c(F)c1F)N1CCC[C@H](O)C1. The molecule has 98 valence electrons. The van der Waals surface area contributed by atoms with Gasteiger partial charge < -0.3 is 10.0 Å². The van der Waals surface area contributed by atoms with Gasteiger partial charge in [0.1, 0.15) is 0 Å². The second-order valence-corrected chi connectivity index (χ2v) is 4.27. The average Bonchev–Trinajstić information content (AvgIpc) is 2.35. The fourth-order valence-corrected chi connectivity index (χ4v) is 2.00. The van der Waals surface area contributed by atoms with Gasteiger partial charge >= 0.3 is 0 Å². The molecule has 1 amide bonds. The van der Waals surface area contributed by atoms with Crippen molar-refractivity contribution < 1.29 is 23.1 Å². The predicted molar refractivity (Wildman–Crippen MR) is 57.5 cm³/mol. The molecule has 18 heavy (non-hydrogen) atoms. The predicted octanol–water partition coefficient (Wildman–Crippen LogP) is 1.70. The van der Waals surface area contributed by atoms with Crippen molar-refractivity contribution in [2.24, 2.45) is 0 Å². The summed E-state index contributed by atoms with van der Waals surface area (Å²) in [6, 6.07) is 1.63. The van der Waals surface area contributed by atoms with E-state index in [0.29, 0.717) is 25.5 Å². The average molecular weight is 259 g/mol. The summed E-state index contributed by atoms with van der Waals surface area (Å²) < 4.78 is 39.2. The third-order valence-electron chi connectivity index (χ3n) is 2.95. The van der Waals surface area contributed by atoms with Gasteiger partial charge in [0.05, 0.1) is 11.7 Å². The Morgan fingerprint density at radius 2 is 2.00 bits per heavy atom. The molecule has 1 heterocycles. The van der Waals surface area contributed by atoms with E-state index in [0.717, 1.165) is 6.07 Å². The number of carbonyl (C=O) groups is 1. The van der Waals surface area contributed by atoms with Crippen molar-refractivity contribution >= 4 is 5.91 Å². The number of aliphatic hydroxyl groups excluding tert-OH is 1. The van der Waals surface area contributed by atoms with Gasteiger partial charge in [0.2, 0.25) is 0 Å². The van der Waals surface area contributed by atoms with E-state index in [2.05, 4.69) is 0 Å². The van der Waals surface area contributed by atoms with Gasteiger partial charge in [-0.2, -0.15) is 0 Å². The van der Waals surface area contributed by atoms with E-state index in [1.54, 1.807) is 0 Å². The van der Waals surface area contributed by atoms with E-state index in [-0.39, 0.29) is 6.54 Å². The van der Waals surface area contributed by atoms with E-state index < -0.39 is 35.0 Å². The summed E-state index contributed by atoms with van der Waals surface area (Å²) in [6.07, 6.45) is 0.512. The Hall–Kier alpha value is -1.56. The van der Waals surface area contributed by atoms with Gasteiger partial charge in [-0.3, -0.25) is 4.79 Å². The largest absolute Gasteiger partial charge is 0.391 e. The lowest BCUT2D eigenvalue weighted by Gasteiger charge is -2.30. The van der Waals surface area contributed by atoms with Gasteiger partial charge in [0.15, 0.2) is 17.5 Å². The molecule has 0 unspecified atom stereocenters. The Morgan fingerprint density at radius 1 is 1.28 bits per heavy atom. The maximum Gasteiger partial charge on any atom is 0.257 e. The summed E-state index contributed by atoms with van der Waals surface area (Å²) in [5.74, 6) is -5.20. The minimum Gasteiger partial charge on any atom is -0.391 e. The van der Waals surface area contributed by atoms with E-state index >= 15 is 0 Å². The molecule has 1 N–H and O–H groups in total. The van der Waals surface area contributed by atoms with Crippen LogP contribution in [0, 0.1) is 17.5 Å². The van der Waals surface area contributed by atoms with Crippen molar-refractivity contribution in [3.8, 4) is 0 Å². The third kappa shape index (κ3) is 2.33. The molecule has 0 radical (unpaired) electrons. The quantitative estimate of drug-likeness (QED) is 0.780. The molecule has 1 aromatic carbocycles. The molecule has 0 saturated carbocycles. The lowest BCUT2D eigenvalue weighted by molar-refractivity contribution is 0.0469. The standard InChI is InChI=1S/C12H12F3NO2/c13-9-4-3-8(10(14)11(9)15)12(18)16-5-1-2-7(17)6-16/h3-4,7,17H,1-2,5-6H2/t7-/m0/s1. The molecule has 0 aliphatic carbocycles. The number of halogens is 3. The second-order valence-electron chi connectivity index (χ2n) is 4.27. The monoisotopic (exact) mass is 259 g/mol. The van der Waals surface area contributed by atoms with Crippen LogP contribution in [0.15, 0.2) is 12.1 Å². The first kappa shape index (κ1) is 12.9. The third-order valence-corrected chi connectivity index (χ3v) is 2.95. The zero-order chi connectivity index (χ0) is 13.3. The highest BCUT2D eigenvalue weighted by atomic mass is 19.2. The van der Waals surface area contributed by atoms with Crippen molar-refractivity contribution in [1.29, 1.82) is 0 Å². The lowest BCUT2D eigenvalue weighted by atomic mass is 10.1. The van der Waals surface area contributed by atoms with Crippen LogP contribution < -0.4 is 0 Å². The van der Waals surface area contributed by atoms with Gasteiger partial charge in [-0.05, 0) is 25.0 Å². The van der Waals surface area contributed by atoms with Gasteiger partial charge in [0.25, 0.3) is 5.91 Å². The van der Waals surface area contributed by atoms with Gasteiger partial charge in [0, 0.05) is 13.1 Å². The number of rotatable bonds is 1. The molecule has 1 aromatic rings. The highest BCUT2D eigenvalue weighted by Gasteiger charge is 2.26. The number of likely N-dealkylation sites (tertiary alicyclic amines) is 1. The summed E-state index contributed by atoms with van der Waals surface area (Å²) in [6.45, 7) is 0.450. The molecule has 0 aromatic heterocycles. The highest BCUT2D eigenvalue weighted by Crippen LogP contribution is 2.19. The summed E-state index contributed by atoms with van der Waals surface area (Å²) in [5, 5.41) is 9.42. The van der Waals surface area contributed by atoms with E-state index in [9.17, 15) is 23.1 Å². The van der Waals surface area contributed by atoms with Crippen LogP contribution in [0.2, 0.25) is 0 Å². The summed E-state index contributed by atoms with van der Waals surface area (Å²) in [5.41, 5.74) is -0.511. The maximum atomic E-state index is 13.4. The number of benzene rings is 1. The minimum absolute atomic E-state index is 0.0806. The number of amides is 1. The van der Waals surface area contributed by atoms with Crippen molar-refractivity contribution in [2.45, 2.75) is 18.9 Å². The fourth-order valence-electron chi connectivity index (χ4n) is 2.00. The van der Waals surface area contributed by atoms with Crippen LogP contribution >= 0.6 is 0 Å². The summed E-state index contributed by atoms with van der Waals surface area (Å²) >= 11 is 0. The number of aliphatic hydroxyl groups is 1. The van der Waals surface area contributed by atoms with Crippen molar-refractivity contribution in [2.75, 3.05) is 13.1 Å². The molecule has 1 aliphatic heterocycles. The van der Waals surface area contributed by atoms with Crippen LogP contribution in [-0.2, 0) is 0 Å². The Bertz CT molecular complexity index is 479. The van der Waals surface area contributed by atoms with E-state index in [1.165, 1.54) is 4.90 Å². The van der Waals surface area contributed by atoms with Crippen LogP contribution in [0.25, 0.3) is 0 Å². The van der Waals surface area contributed by atoms with Gasteiger partial charge in [-0.15, -0.1) is 0 Å². The Morgan fingerprint density at radius 3 is 2.67 bits per heavy atom. The number of hydrogen-bond donors (Lipinski definition) is 1. The molecule has 1 aliphatic rings. The van der Waals surface area contributed by atoms with Gasteiger partial charge in [-0.1, -0.05) is 0 Å². The number of carbonyl (C=O) groups excluding carboxylic acids is 1. The molecule has 2 rings (SSSR count). The zero-order valence-electron chi connectivity index (χ0n) is 9.50. The minimum atomic E-state index is -1.65. The van der Waals surface area contributed by atoms with Crippen molar-refractivity contribution in [1.82, 2.24) is 4.90 Å². The van der Waals surface area contributed by atoms with Crippen molar-refractivity contribution in [3.63, 3.8) is 0 Å². The van der Waals surface area contributed by atoms with Gasteiger partial charge in [-0.25, -0.2) is 13.2 Å². The normalized spacial score (nSPS) is 20.0. The second kappa shape index (κ2) is 4.97. The summed E-state index contributed by atoms with van der Waals surface area (Å²) in [4.78, 5) is 13.2. The first-order valence-electron chi connectivity index (χ1n) is 5.61. The number of hydrogen-bond acceptors (Lipinski definition) is 2. The maximum absolute atomic E-state index is 13.4. The Labute approximate surface area is 102 Å². The van der Waals surface area contributed by atoms with E-state index in [4.69, 9.17) is 0 Å². The van der Waals surface area contributed by atoms with Crippen LogP contribution in [-0.4, -0.2) is 35.1 Å². The molecule has 1 fully saturated rings. The molecular formula is C12H12F3NO2. The molecule has 0 spiro atoms. The lowest BCUT2D eigenvalue weighted by Crippen LogP contribution is -2.42. The molecule has 0 bridgehead atoms. The van der Waals surface area contributed by atoms with Crippen LogP contribution in [0.1, 0.15) is 23.2 Å². The number of nitrogens with zero attached hydrogens (tertiary/aromatic N) is 1. The van der Waals surface area contributed by atoms with Crippen LogP contribution in [0.3, 0.4) is 0 Å². The van der Waals surface area contributed by atoms with E-state index in [1.807, 2.05) is 0 Å². The van der Waals surface area contributed by atoms with Crippen LogP contribution in [0.5, 0.6) is 0 Å². The number of β-amino-alcohol motifs (C(OH)–C–C–N with tert-alkyl or cyclic N) is 1. The Kier molecular flexibility index (Phi) is 3.56. The molecule has 1 saturated heterocycles. The smallest absolute Gasteiger partial charge is 0.257 e. The molecule has 6 heteroatoms. The summed E-state index contributed by atoms with van der Waals surface area (Å²) in [7, 11) is 0.